The van der Waals surface area contributed by atoms with Crippen LogP contribution < -0.4 is 0 Å². The molecule has 2 nitrogen and oxygen atoms in total. The summed E-state index contributed by atoms with van der Waals surface area (Å²) in [5.41, 5.74) is 0. The first-order valence-electron chi connectivity index (χ1n) is 4.63. The largest absolute Gasteiger partial charge is 0.341 e. The van der Waals surface area contributed by atoms with Crippen molar-refractivity contribution in [3.8, 4) is 0 Å². The van der Waals surface area contributed by atoms with Crippen LogP contribution in [0.15, 0.2) is 0 Å². The third-order valence-electron chi connectivity index (χ3n) is 2.06. The van der Waals surface area contributed by atoms with Crippen LogP contribution in [-0.4, -0.2) is 34.9 Å². The van der Waals surface area contributed by atoms with Crippen LogP contribution in [0.2, 0.25) is 0 Å². The molecule has 1 amide bonds. The number of hydrogen-bond donors (Lipinski definition) is 0. The zero-order valence-corrected chi connectivity index (χ0v) is 8.69. The maximum absolute atomic E-state index is 11.5. The maximum Gasteiger partial charge on any atom is 0.222 e. The third kappa shape index (κ3) is 2.70. The minimum Gasteiger partial charge on any atom is -0.341 e. The fourth-order valence-corrected chi connectivity index (χ4v) is 2.43. The molecule has 12 heavy (non-hydrogen) atoms. The van der Waals surface area contributed by atoms with Gasteiger partial charge in [-0.25, -0.2) is 0 Å². The second-order valence-corrected chi connectivity index (χ2v) is 4.82. The van der Waals surface area contributed by atoms with Crippen molar-refractivity contribution in [1.82, 2.24) is 4.90 Å². The number of carbonyl (C=O) groups is 1. The average Bonchev–Trinajstić information content (AvgIpc) is 2.05. The van der Waals surface area contributed by atoms with E-state index in [-0.39, 0.29) is 0 Å². The Labute approximate surface area is 78.7 Å². The first-order chi connectivity index (χ1) is 5.74. The van der Waals surface area contributed by atoms with Gasteiger partial charge in [-0.3, -0.25) is 4.79 Å². The Bertz CT molecular complexity index is 161. The smallest absolute Gasteiger partial charge is 0.222 e. The summed E-state index contributed by atoms with van der Waals surface area (Å²) in [6.45, 7) is 6.15. The molecule has 1 rings (SSSR count). The second-order valence-electron chi connectivity index (χ2n) is 3.27. The van der Waals surface area contributed by atoms with E-state index in [9.17, 15) is 4.79 Å². The first kappa shape index (κ1) is 9.90. The van der Waals surface area contributed by atoms with Crippen LogP contribution in [0.5, 0.6) is 0 Å². The van der Waals surface area contributed by atoms with Gasteiger partial charge in [0.15, 0.2) is 0 Å². The van der Waals surface area contributed by atoms with Crippen LogP contribution in [0.25, 0.3) is 0 Å². The van der Waals surface area contributed by atoms with Gasteiger partial charge in [0.2, 0.25) is 5.91 Å². The summed E-state index contributed by atoms with van der Waals surface area (Å²) in [6.07, 6.45) is 1.69. The lowest BCUT2D eigenvalue weighted by Crippen LogP contribution is -2.40. The Morgan fingerprint density at radius 2 is 2.42 bits per heavy atom. The third-order valence-corrected chi connectivity index (χ3v) is 3.19. The molecule has 1 heterocycles. The summed E-state index contributed by atoms with van der Waals surface area (Å²) in [4.78, 5) is 13.5. The molecule has 1 unspecified atom stereocenters. The highest BCUT2D eigenvalue weighted by Crippen LogP contribution is 2.18. The molecule has 70 valence electrons. The molecule has 1 atom stereocenters. The van der Waals surface area contributed by atoms with Gasteiger partial charge in [-0.1, -0.05) is 13.8 Å². The molecular formula is C9H17NOS. The predicted molar refractivity (Wildman–Crippen MR) is 53.4 cm³/mol. The van der Waals surface area contributed by atoms with Crippen molar-refractivity contribution in [2.45, 2.75) is 31.9 Å². The quantitative estimate of drug-likeness (QED) is 0.656. The van der Waals surface area contributed by atoms with E-state index in [1.54, 1.807) is 0 Å². The van der Waals surface area contributed by atoms with E-state index in [4.69, 9.17) is 0 Å². The molecule has 0 aromatic carbocycles. The van der Waals surface area contributed by atoms with Crippen molar-refractivity contribution in [2.75, 3.05) is 18.8 Å². The summed E-state index contributed by atoms with van der Waals surface area (Å²) in [5.74, 6) is 1.45. The Hall–Kier alpha value is -0.180. The van der Waals surface area contributed by atoms with E-state index in [2.05, 4.69) is 13.8 Å². The van der Waals surface area contributed by atoms with Crippen LogP contribution in [0.1, 0.15) is 26.7 Å². The Morgan fingerprint density at radius 1 is 1.67 bits per heavy atom. The summed E-state index contributed by atoms with van der Waals surface area (Å²) >= 11 is 1.96. The van der Waals surface area contributed by atoms with Gasteiger partial charge in [0.05, 0.1) is 0 Å². The predicted octanol–water partition coefficient (Wildman–Crippen LogP) is 1.75. The Kier molecular flexibility index (Phi) is 3.92. The van der Waals surface area contributed by atoms with E-state index >= 15 is 0 Å². The number of amides is 1. The average molecular weight is 187 g/mol. The minimum atomic E-state index is 0.338. The topological polar surface area (TPSA) is 20.3 Å². The number of hydrogen-bond acceptors (Lipinski definition) is 2. The molecule has 1 aliphatic heterocycles. The van der Waals surface area contributed by atoms with Crippen LogP contribution in [0.3, 0.4) is 0 Å². The molecule has 1 aliphatic rings. The molecule has 0 radical (unpaired) electrons. The lowest BCUT2D eigenvalue weighted by molar-refractivity contribution is -0.131. The van der Waals surface area contributed by atoms with Crippen LogP contribution in [0, 0.1) is 0 Å². The summed E-state index contributed by atoms with van der Waals surface area (Å²) in [6, 6.07) is 0. The molecule has 0 aliphatic carbocycles. The zero-order valence-electron chi connectivity index (χ0n) is 7.88. The Morgan fingerprint density at radius 3 is 3.00 bits per heavy atom. The highest BCUT2D eigenvalue weighted by Gasteiger charge is 2.19. The standard InChI is InChI=1S/C9H17NOS/c1-3-4-9(11)10-5-6-12-8(2)7-10/h8H,3-7H2,1-2H3. The van der Waals surface area contributed by atoms with Gasteiger partial charge in [0.1, 0.15) is 0 Å². The molecule has 0 aromatic rings. The lowest BCUT2D eigenvalue weighted by atomic mass is 10.3. The van der Waals surface area contributed by atoms with Crippen LogP contribution in [-0.2, 0) is 4.79 Å². The summed E-state index contributed by atoms with van der Waals surface area (Å²) < 4.78 is 0. The molecular weight excluding hydrogens is 170 g/mol. The molecule has 0 saturated carbocycles. The van der Waals surface area contributed by atoms with Gasteiger partial charge in [-0.05, 0) is 6.42 Å². The zero-order chi connectivity index (χ0) is 8.97. The van der Waals surface area contributed by atoms with E-state index in [1.165, 1.54) is 0 Å². The van der Waals surface area contributed by atoms with Gasteiger partial charge in [-0.15, -0.1) is 0 Å². The normalized spacial score (nSPS) is 24.2. The van der Waals surface area contributed by atoms with Crippen molar-refractivity contribution < 1.29 is 4.79 Å². The number of rotatable bonds is 2. The lowest BCUT2D eigenvalue weighted by Gasteiger charge is -2.30. The maximum atomic E-state index is 11.5. The van der Waals surface area contributed by atoms with Gasteiger partial charge in [-0.2, -0.15) is 11.8 Å². The molecule has 1 fully saturated rings. The van der Waals surface area contributed by atoms with Gasteiger partial charge >= 0.3 is 0 Å². The van der Waals surface area contributed by atoms with Gasteiger partial charge in [0.25, 0.3) is 0 Å². The molecule has 3 heteroatoms. The molecule has 0 aromatic heterocycles. The highest BCUT2D eigenvalue weighted by atomic mass is 32.2. The monoisotopic (exact) mass is 187 g/mol. The number of thioether (sulfide) groups is 1. The first-order valence-corrected chi connectivity index (χ1v) is 5.68. The SMILES string of the molecule is CCCC(=O)N1CCSC(C)C1. The van der Waals surface area contributed by atoms with Crippen molar-refractivity contribution in [3.05, 3.63) is 0 Å². The summed E-state index contributed by atoms with van der Waals surface area (Å²) in [5, 5.41) is 0.625. The van der Waals surface area contributed by atoms with Crippen LogP contribution in [0.4, 0.5) is 0 Å². The molecule has 0 bridgehead atoms. The highest BCUT2D eigenvalue weighted by molar-refractivity contribution is 7.99. The van der Waals surface area contributed by atoms with E-state index in [1.807, 2.05) is 16.7 Å². The summed E-state index contributed by atoms with van der Waals surface area (Å²) in [7, 11) is 0. The minimum absolute atomic E-state index is 0.338. The van der Waals surface area contributed by atoms with Crippen molar-refractivity contribution >= 4 is 17.7 Å². The molecule has 1 saturated heterocycles. The van der Waals surface area contributed by atoms with E-state index < -0.39 is 0 Å². The molecule has 0 spiro atoms. The molecule has 0 N–H and O–H groups in total. The van der Waals surface area contributed by atoms with E-state index in [0.717, 1.165) is 31.7 Å². The van der Waals surface area contributed by atoms with Crippen LogP contribution >= 0.6 is 11.8 Å². The second kappa shape index (κ2) is 4.75. The van der Waals surface area contributed by atoms with Crippen molar-refractivity contribution in [3.63, 3.8) is 0 Å². The van der Waals surface area contributed by atoms with Gasteiger partial charge in [0, 0.05) is 30.5 Å². The van der Waals surface area contributed by atoms with Crippen molar-refractivity contribution in [2.24, 2.45) is 0 Å². The number of carbonyl (C=O) groups excluding carboxylic acids is 1. The fraction of sp³-hybridized carbons (Fsp3) is 0.889. The van der Waals surface area contributed by atoms with E-state index in [0.29, 0.717) is 11.2 Å². The fourth-order valence-electron chi connectivity index (χ4n) is 1.42. The van der Waals surface area contributed by atoms with Gasteiger partial charge < -0.3 is 4.90 Å². The van der Waals surface area contributed by atoms with Crippen molar-refractivity contribution in [1.29, 1.82) is 0 Å². The Balaban J connectivity index is 2.35. The number of nitrogens with zero attached hydrogens (tertiary/aromatic N) is 1.